The predicted octanol–water partition coefficient (Wildman–Crippen LogP) is 4.40. The highest BCUT2D eigenvalue weighted by Crippen LogP contribution is 2.33. The summed E-state index contributed by atoms with van der Waals surface area (Å²) >= 11 is 0. The molecule has 0 spiro atoms. The van der Waals surface area contributed by atoms with Crippen LogP contribution in [0, 0.1) is 12.8 Å². The highest BCUT2D eigenvalue weighted by molar-refractivity contribution is 5.80. The molecule has 1 N–H and O–H groups in total. The first-order valence-electron chi connectivity index (χ1n) is 10.9. The maximum Gasteiger partial charge on any atom is 0.217 e. The van der Waals surface area contributed by atoms with Crippen molar-refractivity contribution in [1.29, 1.82) is 0 Å². The van der Waals surface area contributed by atoms with Crippen LogP contribution in [0.25, 0.3) is 11.0 Å². The summed E-state index contributed by atoms with van der Waals surface area (Å²) in [4.78, 5) is 13.8. The van der Waals surface area contributed by atoms with Crippen molar-refractivity contribution in [3.8, 4) is 0 Å². The van der Waals surface area contributed by atoms with Crippen molar-refractivity contribution >= 4 is 16.9 Å². The van der Waals surface area contributed by atoms with Crippen molar-refractivity contribution in [2.24, 2.45) is 5.92 Å². The van der Waals surface area contributed by atoms with Gasteiger partial charge in [-0.1, -0.05) is 11.2 Å². The fraction of sp³-hybridized carbons (Fsp3) is 0.652. The summed E-state index contributed by atoms with van der Waals surface area (Å²) in [7, 11) is 0. The number of fused-ring (bicyclic) bond motifs is 1. The second-order valence-corrected chi connectivity index (χ2v) is 8.89. The smallest absolute Gasteiger partial charge is 0.217 e. The zero-order chi connectivity index (χ0) is 19.5. The Labute approximate surface area is 167 Å². The molecule has 4 rings (SSSR count). The molecule has 1 aliphatic heterocycles. The number of carbonyl (C=O) groups is 1. The number of hydrogen-bond acceptors (Lipinski definition) is 4. The Morgan fingerprint density at radius 3 is 2.64 bits per heavy atom. The van der Waals surface area contributed by atoms with E-state index < -0.39 is 0 Å². The molecule has 0 bridgehead atoms. The van der Waals surface area contributed by atoms with E-state index >= 15 is 0 Å². The first-order valence-corrected chi connectivity index (χ1v) is 10.9. The van der Waals surface area contributed by atoms with Gasteiger partial charge in [0.2, 0.25) is 5.91 Å². The number of amides is 1. The second-order valence-electron chi connectivity index (χ2n) is 8.89. The van der Waals surface area contributed by atoms with Gasteiger partial charge in [-0.25, -0.2) is 0 Å². The summed E-state index contributed by atoms with van der Waals surface area (Å²) in [5.74, 6) is 1.46. The van der Waals surface area contributed by atoms with E-state index in [0.29, 0.717) is 12.0 Å². The first kappa shape index (κ1) is 19.4. The maximum absolute atomic E-state index is 11.2. The summed E-state index contributed by atoms with van der Waals surface area (Å²) < 4.78 is 5.58. The SMILES string of the molecule is CC(=O)N[C@H]1CC[C@H](CCN2CCC(c3noc4cc(C)ccc34)CC2)CC1. The molecule has 5 heteroatoms. The molecule has 1 amide bonds. The Bertz CT molecular complexity index is 799. The Hall–Kier alpha value is -1.88. The van der Waals surface area contributed by atoms with Crippen molar-refractivity contribution in [2.45, 2.75) is 70.8 Å². The molecule has 1 aromatic carbocycles. The molecule has 0 radical (unpaired) electrons. The number of aryl methyl sites for hydroxylation is 1. The summed E-state index contributed by atoms with van der Waals surface area (Å²) in [6.45, 7) is 7.24. The minimum absolute atomic E-state index is 0.112. The van der Waals surface area contributed by atoms with Crippen LogP contribution in [-0.4, -0.2) is 41.6 Å². The molecule has 0 unspecified atom stereocenters. The number of nitrogens with zero attached hydrogens (tertiary/aromatic N) is 2. The standard InChI is InChI=1S/C23H33N3O2/c1-16-3-8-21-22(15-16)28-25-23(21)19-10-13-26(14-11-19)12-9-18-4-6-20(7-5-18)24-17(2)27/h3,8,15,18-20H,4-7,9-14H2,1-2H3,(H,24,27)/t18-,20-. The molecule has 2 heterocycles. The molecule has 1 aliphatic carbocycles. The van der Waals surface area contributed by atoms with Gasteiger partial charge in [-0.15, -0.1) is 0 Å². The van der Waals surface area contributed by atoms with Crippen molar-refractivity contribution in [1.82, 2.24) is 15.4 Å². The minimum Gasteiger partial charge on any atom is -0.356 e. The Balaban J connectivity index is 1.22. The molecular weight excluding hydrogens is 350 g/mol. The molecule has 152 valence electrons. The minimum atomic E-state index is 0.112. The fourth-order valence-corrected chi connectivity index (χ4v) is 5.04. The van der Waals surface area contributed by atoms with Gasteiger partial charge in [0.25, 0.3) is 0 Å². The van der Waals surface area contributed by atoms with E-state index in [4.69, 9.17) is 4.52 Å². The van der Waals surface area contributed by atoms with Crippen LogP contribution in [0.2, 0.25) is 0 Å². The van der Waals surface area contributed by atoms with Crippen molar-refractivity contribution < 1.29 is 9.32 Å². The topological polar surface area (TPSA) is 58.4 Å². The van der Waals surface area contributed by atoms with Gasteiger partial charge >= 0.3 is 0 Å². The van der Waals surface area contributed by atoms with Crippen LogP contribution in [0.1, 0.15) is 69.0 Å². The van der Waals surface area contributed by atoms with Crippen LogP contribution < -0.4 is 5.32 Å². The second kappa shape index (κ2) is 8.64. The number of benzene rings is 1. The van der Waals surface area contributed by atoms with Gasteiger partial charge in [0, 0.05) is 24.3 Å². The third-order valence-corrected chi connectivity index (χ3v) is 6.74. The van der Waals surface area contributed by atoms with Crippen molar-refractivity contribution in [2.75, 3.05) is 19.6 Å². The molecular formula is C23H33N3O2. The number of aromatic nitrogens is 1. The van der Waals surface area contributed by atoms with E-state index in [0.717, 1.165) is 43.1 Å². The van der Waals surface area contributed by atoms with Crippen molar-refractivity contribution in [3.63, 3.8) is 0 Å². The number of piperidine rings is 1. The highest BCUT2D eigenvalue weighted by Gasteiger charge is 2.26. The van der Waals surface area contributed by atoms with Gasteiger partial charge in [-0.2, -0.15) is 0 Å². The van der Waals surface area contributed by atoms with Crippen LogP contribution in [-0.2, 0) is 4.79 Å². The summed E-state index contributed by atoms with van der Waals surface area (Å²) in [6, 6.07) is 6.81. The molecule has 2 fully saturated rings. The van der Waals surface area contributed by atoms with Crippen LogP contribution in [0.5, 0.6) is 0 Å². The van der Waals surface area contributed by atoms with E-state index in [9.17, 15) is 4.79 Å². The van der Waals surface area contributed by atoms with Crippen LogP contribution in [0.3, 0.4) is 0 Å². The maximum atomic E-state index is 11.2. The van der Waals surface area contributed by atoms with Crippen LogP contribution >= 0.6 is 0 Å². The number of nitrogens with one attached hydrogen (secondary N) is 1. The van der Waals surface area contributed by atoms with Gasteiger partial charge in [0.1, 0.15) is 0 Å². The Morgan fingerprint density at radius 2 is 1.93 bits per heavy atom. The van der Waals surface area contributed by atoms with E-state index in [2.05, 4.69) is 40.5 Å². The summed E-state index contributed by atoms with van der Waals surface area (Å²) in [5.41, 5.74) is 3.30. The van der Waals surface area contributed by atoms with Gasteiger partial charge in [-0.3, -0.25) is 4.79 Å². The monoisotopic (exact) mass is 383 g/mol. The highest BCUT2D eigenvalue weighted by atomic mass is 16.5. The lowest BCUT2D eigenvalue weighted by atomic mass is 9.83. The van der Waals surface area contributed by atoms with Gasteiger partial charge < -0.3 is 14.7 Å². The van der Waals surface area contributed by atoms with E-state index in [-0.39, 0.29) is 5.91 Å². The third-order valence-electron chi connectivity index (χ3n) is 6.74. The molecule has 1 saturated heterocycles. The molecule has 2 aromatic rings. The quantitative estimate of drug-likeness (QED) is 0.831. The number of likely N-dealkylation sites (tertiary alicyclic amines) is 1. The number of rotatable bonds is 5. The summed E-state index contributed by atoms with van der Waals surface area (Å²) in [5, 5.41) is 8.68. The van der Waals surface area contributed by atoms with Crippen molar-refractivity contribution in [3.05, 3.63) is 29.5 Å². The lowest BCUT2D eigenvalue weighted by Crippen LogP contribution is -2.37. The fourth-order valence-electron chi connectivity index (χ4n) is 5.04. The molecule has 0 atom stereocenters. The molecule has 1 saturated carbocycles. The Morgan fingerprint density at radius 1 is 1.18 bits per heavy atom. The van der Waals surface area contributed by atoms with E-state index in [1.807, 2.05) is 0 Å². The van der Waals surface area contributed by atoms with Gasteiger partial charge in [0.05, 0.1) is 5.69 Å². The van der Waals surface area contributed by atoms with Gasteiger partial charge in [-0.05, 0) is 95.1 Å². The van der Waals surface area contributed by atoms with Crippen LogP contribution in [0.15, 0.2) is 22.7 Å². The lowest BCUT2D eigenvalue weighted by Gasteiger charge is -2.34. The van der Waals surface area contributed by atoms with E-state index in [1.165, 1.54) is 49.6 Å². The third kappa shape index (κ3) is 4.57. The zero-order valence-corrected chi connectivity index (χ0v) is 17.2. The number of hydrogen-bond donors (Lipinski definition) is 1. The zero-order valence-electron chi connectivity index (χ0n) is 17.2. The normalized spacial score (nSPS) is 24.5. The number of carbonyl (C=O) groups excluding carboxylic acids is 1. The molecule has 5 nitrogen and oxygen atoms in total. The van der Waals surface area contributed by atoms with Gasteiger partial charge in [0.15, 0.2) is 5.58 Å². The molecule has 2 aliphatic rings. The Kier molecular flexibility index (Phi) is 6.00. The van der Waals surface area contributed by atoms with Crippen LogP contribution in [0.4, 0.5) is 0 Å². The largest absolute Gasteiger partial charge is 0.356 e. The summed E-state index contributed by atoms with van der Waals surface area (Å²) in [6.07, 6.45) is 8.44. The molecule has 28 heavy (non-hydrogen) atoms. The predicted molar refractivity (Wildman–Crippen MR) is 111 cm³/mol. The van der Waals surface area contributed by atoms with E-state index in [1.54, 1.807) is 6.92 Å². The first-order chi connectivity index (χ1) is 13.6. The average molecular weight is 384 g/mol. The average Bonchev–Trinajstić information content (AvgIpc) is 3.10. The lowest BCUT2D eigenvalue weighted by molar-refractivity contribution is -0.119. The molecule has 1 aromatic heterocycles.